The molecule has 0 aliphatic rings. The lowest BCUT2D eigenvalue weighted by Crippen LogP contribution is -2.22. The number of aromatic amines is 1. The lowest BCUT2D eigenvalue weighted by Gasteiger charge is -2.14. The van der Waals surface area contributed by atoms with Crippen LogP contribution in [0, 0.1) is 11.6 Å². The molecule has 0 aliphatic heterocycles. The third-order valence-corrected chi connectivity index (χ3v) is 5.86. The number of hydrogen-bond acceptors (Lipinski definition) is 4. The van der Waals surface area contributed by atoms with Crippen LogP contribution in [0.4, 0.5) is 20.2 Å². The highest BCUT2D eigenvalue weighted by atomic mass is 32.2. The molecule has 0 fully saturated rings. The standard InChI is InChI=1S/C25H22F2N4O4S/c1-31(2)25(33)16-8-15(20-7-5-17(26)12-21(20)27)9-19(10-16)28-24(32)23-11-14-4-6-18(13-22(14)29-23)30-36(3,34)35/h4-13,29-30H,1-3H3,(H,28,32). The van der Waals surface area contributed by atoms with Gasteiger partial charge in [-0.3, -0.25) is 14.3 Å². The molecule has 0 radical (unpaired) electrons. The van der Waals surface area contributed by atoms with Gasteiger partial charge in [0.1, 0.15) is 17.3 Å². The van der Waals surface area contributed by atoms with Crippen LogP contribution in [0.2, 0.25) is 0 Å². The first-order chi connectivity index (χ1) is 16.9. The van der Waals surface area contributed by atoms with E-state index in [1.165, 1.54) is 29.2 Å². The number of sulfonamides is 1. The van der Waals surface area contributed by atoms with Crippen LogP contribution in [-0.4, -0.2) is 50.5 Å². The summed E-state index contributed by atoms with van der Waals surface area (Å²) in [5.74, 6) is -2.45. The van der Waals surface area contributed by atoms with Crippen LogP contribution in [-0.2, 0) is 10.0 Å². The Morgan fingerprint density at radius 3 is 2.33 bits per heavy atom. The van der Waals surface area contributed by atoms with Gasteiger partial charge in [-0.15, -0.1) is 0 Å². The first-order valence-corrected chi connectivity index (χ1v) is 12.5. The largest absolute Gasteiger partial charge is 0.350 e. The molecule has 4 aromatic rings. The molecule has 36 heavy (non-hydrogen) atoms. The van der Waals surface area contributed by atoms with Gasteiger partial charge in [-0.05, 0) is 54.1 Å². The second-order valence-electron chi connectivity index (χ2n) is 8.44. The molecule has 8 nitrogen and oxygen atoms in total. The van der Waals surface area contributed by atoms with E-state index in [1.54, 1.807) is 38.4 Å². The molecular weight excluding hydrogens is 490 g/mol. The van der Waals surface area contributed by atoms with Crippen molar-refractivity contribution in [3.05, 3.63) is 83.6 Å². The molecule has 0 bridgehead atoms. The zero-order valence-corrected chi connectivity index (χ0v) is 20.3. The Morgan fingerprint density at radius 1 is 0.917 bits per heavy atom. The molecule has 3 aromatic carbocycles. The minimum absolute atomic E-state index is 0.0665. The summed E-state index contributed by atoms with van der Waals surface area (Å²) in [5, 5.41) is 3.37. The highest BCUT2D eigenvalue weighted by Gasteiger charge is 2.17. The topological polar surface area (TPSA) is 111 Å². The SMILES string of the molecule is CN(C)C(=O)c1cc(NC(=O)c2cc3ccc(NS(C)(=O)=O)cc3[nH]2)cc(-c2ccc(F)cc2F)c1. The molecule has 0 unspecified atom stereocenters. The number of amides is 2. The van der Waals surface area contributed by atoms with Crippen molar-refractivity contribution in [2.45, 2.75) is 0 Å². The minimum Gasteiger partial charge on any atom is -0.350 e. The molecule has 1 aromatic heterocycles. The molecule has 0 atom stereocenters. The molecule has 0 aliphatic carbocycles. The molecule has 2 amide bonds. The van der Waals surface area contributed by atoms with E-state index in [0.29, 0.717) is 16.6 Å². The first kappa shape index (κ1) is 24.9. The predicted octanol–water partition coefficient (Wildman–Crippen LogP) is 4.44. The zero-order valence-electron chi connectivity index (χ0n) is 19.5. The fraction of sp³-hybridized carbons (Fsp3) is 0.120. The maximum absolute atomic E-state index is 14.5. The van der Waals surface area contributed by atoms with Crippen LogP contribution in [0.25, 0.3) is 22.0 Å². The number of halogens is 2. The Bertz CT molecular complexity index is 1610. The van der Waals surface area contributed by atoms with Crippen molar-refractivity contribution in [1.29, 1.82) is 0 Å². The van der Waals surface area contributed by atoms with Crippen molar-refractivity contribution in [3.63, 3.8) is 0 Å². The summed E-state index contributed by atoms with van der Waals surface area (Å²) in [6, 6.07) is 13.9. The maximum Gasteiger partial charge on any atom is 0.272 e. The van der Waals surface area contributed by atoms with Gasteiger partial charge in [0.2, 0.25) is 10.0 Å². The van der Waals surface area contributed by atoms with Crippen molar-refractivity contribution < 1.29 is 26.8 Å². The molecule has 4 rings (SSSR count). The summed E-state index contributed by atoms with van der Waals surface area (Å²) in [6.45, 7) is 0. The van der Waals surface area contributed by atoms with Gasteiger partial charge in [-0.25, -0.2) is 17.2 Å². The monoisotopic (exact) mass is 512 g/mol. The average Bonchev–Trinajstić information content (AvgIpc) is 3.20. The Kier molecular flexibility index (Phi) is 6.51. The van der Waals surface area contributed by atoms with Crippen molar-refractivity contribution in [2.75, 3.05) is 30.4 Å². The maximum atomic E-state index is 14.5. The summed E-state index contributed by atoms with van der Waals surface area (Å²) in [5.41, 5.74) is 1.81. The van der Waals surface area contributed by atoms with Gasteiger partial charge in [-0.1, -0.05) is 6.07 Å². The number of rotatable bonds is 6. The molecular formula is C25H22F2N4O4S. The number of anilines is 2. The van der Waals surface area contributed by atoms with E-state index in [1.807, 2.05) is 0 Å². The van der Waals surface area contributed by atoms with Crippen molar-refractivity contribution in [1.82, 2.24) is 9.88 Å². The third-order valence-electron chi connectivity index (χ3n) is 5.26. The van der Waals surface area contributed by atoms with Crippen LogP contribution in [0.1, 0.15) is 20.8 Å². The summed E-state index contributed by atoms with van der Waals surface area (Å²) >= 11 is 0. The number of nitrogens with zero attached hydrogens (tertiary/aromatic N) is 1. The van der Waals surface area contributed by atoms with Crippen LogP contribution in [0.15, 0.2) is 60.7 Å². The molecule has 0 saturated carbocycles. The van der Waals surface area contributed by atoms with Crippen LogP contribution in [0.3, 0.4) is 0 Å². The average molecular weight is 513 g/mol. The van der Waals surface area contributed by atoms with Crippen molar-refractivity contribution >= 4 is 44.1 Å². The minimum atomic E-state index is -3.47. The van der Waals surface area contributed by atoms with E-state index in [0.717, 1.165) is 18.4 Å². The van der Waals surface area contributed by atoms with Gasteiger partial charge in [0.25, 0.3) is 11.8 Å². The number of carbonyl (C=O) groups is 2. The second-order valence-corrected chi connectivity index (χ2v) is 10.2. The van der Waals surface area contributed by atoms with Gasteiger partial charge < -0.3 is 15.2 Å². The quantitative estimate of drug-likeness (QED) is 0.355. The number of H-pyrrole nitrogens is 1. The lowest BCUT2D eigenvalue weighted by atomic mass is 10.0. The Hall–Kier alpha value is -4.25. The highest BCUT2D eigenvalue weighted by Crippen LogP contribution is 2.29. The van der Waals surface area contributed by atoms with E-state index in [4.69, 9.17) is 0 Å². The smallest absolute Gasteiger partial charge is 0.272 e. The molecule has 1 heterocycles. The predicted molar refractivity (Wildman–Crippen MR) is 135 cm³/mol. The second kappa shape index (κ2) is 9.42. The number of hydrogen-bond donors (Lipinski definition) is 3. The van der Waals surface area contributed by atoms with Gasteiger partial charge in [-0.2, -0.15) is 0 Å². The fourth-order valence-electron chi connectivity index (χ4n) is 3.69. The Balaban J connectivity index is 1.69. The molecule has 0 spiro atoms. The van der Waals surface area contributed by atoms with Crippen LogP contribution >= 0.6 is 0 Å². The van der Waals surface area contributed by atoms with E-state index < -0.39 is 27.6 Å². The summed E-state index contributed by atoms with van der Waals surface area (Å²) in [7, 11) is -0.350. The third kappa shape index (κ3) is 5.52. The zero-order chi connectivity index (χ0) is 26.2. The van der Waals surface area contributed by atoms with Gasteiger partial charge in [0.15, 0.2) is 0 Å². The number of aromatic nitrogens is 1. The Labute approximate surface area is 206 Å². The number of nitrogens with one attached hydrogen (secondary N) is 3. The van der Waals surface area contributed by atoms with E-state index in [-0.39, 0.29) is 34.0 Å². The first-order valence-electron chi connectivity index (χ1n) is 10.6. The van der Waals surface area contributed by atoms with Crippen LogP contribution < -0.4 is 10.0 Å². The molecule has 3 N–H and O–H groups in total. The van der Waals surface area contributed by atoms with E-state index in [9.17, 15) is 26.8 Å². The van der Waals surface area contributed by atoms with Gasteiger partial charge in [0.05, 0.1) is 11.9 Å². The summed E-state index contributed by atoms with van der Waals surface area (Å²) in [4.78, 5) is 29.9. The van der Waals surface area contributed by atoms with Crippen LogP contribution in [0.5, 0.6) is 0 Å². The van der Waals surface area contributed by atoms with Gasteiger partial charge >= 0.3 is 0 Å². The van der Waals surface area contributed by atoms with Gasteiger partial charge in [0, 0.05) is 47.9 Å². The van der Waals surface area contributed by atoms with Crippen molar-refractivity contribution in [2.24, 2.45) is 0 Å². The Morgan fingerprint density at radius 2 is 1.67 bits per heavy atom. The lowest BCUT2D eigenvalue weighted by molar-refractivity contribution is 0.0827. The normalized spacial score (nSPS) is 11.4. The molecule has 11 heteroatoms. The van der Waals surface area contributed by atoms with E-state index in [2.05, 4.69) is 15.0 Å². The fourth-order valence-corrected chi connectivity index (χ4v) is 4.24. The highest BCUT2D eigenvalue weighted by molar-refractivity contribution is 7.92. The number of carbonyl (C=O) groups excluding carboxylic acids is 2. The summed E-state index contributed by atoms with van der Waals surface area (Å²) < 4.78 is 53.2. The molecule has 186 valence electrons. The molecule has 0 saturated heterocycles. The van der Waals surface area contributed by atoms with Crippen molar-refractivity contribution in [3.8, 4) is 11.1 Å². The number of fused-ring (bicyclic) bond motifs is 1. The number of benzene rings is 3. The summed E-state index contributed by atoms with van der Waals surface area (Å²) in [6.07, 6.45) is 1.03. The van der Waals surface area contributed by atoms with E-state index >= 15 is 0 Å².